The van der Waals surface area contributed by atoms with Gasteiger partial charge in [0.15, 0.2) is 11.5 Å². The molecule has 2 rings (SSSR count). The number of rotatable bonds is 8. The molecule has 0 aliphatic rings. The highest BCUT2D eigenvalue weighted by molar-refractivity contribution is 7.92. The number of benzene rings is 2. The lowest BCUT2D eigenvalue weighted by Crippen LogP contribution is -2.41. The molecule has 2 aromatic rings. The van der Waals surface area contributed by atoms with Gasteiger partial charge >= 0.3 is 0 Å². The van der Waals surface area contributed by atoms with Crippen LogP contribution in [0.3, 0.4) is 0 Å². The minimum absolute atomic E-state index is 0.255. The van der Waals surface area contributed by atoms with Crippen LogP contribution in [0, 0.1) is 13.8 Å². The highest BCUT2D eigenvalue weighted by Crippen LogP contribution is 2.32. The average Bonchev–Trinajstić information content (AvgIpc) is 2.66. The summed E-state index contributed by atoms with van der Waals surface area (Å²) in [6.07, 6.45) is 1.06. The van der Waals surface area contributed by atoms with E-state index >= 15 is 0 Å². The first-order chi connectivity index (χ1) is 13.6. The molecular formula is C21H28N2O5S. The van der Waals surface area contributed by atoms with Crippen LogP contribution in [0.15, 0.2) is 36.4 Å². The number of hydrogen-bond acceptors (Lipinski definition) is 5. The predicted octanol–water partition coefficient (Wildman–Crippen LogP) is 2.96. The van der Waals surface area contributed by atoms with Crippen molar-refractivity contribution >= 4 is 21.6 Å². The van der Waals surface area contributed by atoms with E-state index in [9.17, 15) is 13.2 Å². The van der Waals surface area contributed by atoms with E-state index in [1.165, 1.54) is 20.3 Å². The number of nitrogens with one attached hydrogen (secondary N) is 1. The van der Waals surface area contributed by atoms with Gasteiger partial charge in [-0.15, -0.1) is 0 Å². The quantitative estimate of drug-likeness (QED) is 0.710. The van der Waals surface area contributed by atoms with Crippen molar-refractivity contribution in [3.8, 4) is 11.5 Å². The molecule has 0 saturated heterocycles. The molecule has 0 aromatic heterocycles. The van der Waals surface area contributed by atoms with Crippen molar-refractivity contribution in [2.24, 2.45) is 0 Å². The Morgan fingerprint density at radius 2 is 1.72 bits per heavy atom. The van der Waals surface area contributed by atoms with E-state index in [1.807, 2.05) is 39.0 Å². The van der Waals surface area contributed by atoms with Gasteiger partial charge in [0, 0.05) is 6.07 Å². The second-order valence-corrected chi connectivity index (χ2v) is 8.86. The zero-order valence-corrected chi connectivity index (χ0v) is 18.5. The summed E-state index contributed by atoms with van der Waals surface area (Å²) in [5, 5.41) is 2.89. The standard InChI is InChI=1S/C21H28N2O5S/c1-14-7-8-15(2)18(11-14)16(3)22-21(24)13-23(29(6,25)26)17-9-10-19(27-4)20(12-17)28-5/h7-12,16H,13H2,1-6H3,(H,22,24)/t16-/m0/s1. The Bertz CT molecular complexity index is 989. The van der Waals surface area contributed by atoms with Crippen molar-refractivity contribution < 1.29 is 22.7 Å². The second kappa shape index (κ2) is 9.17. The lowest BCUT2D eigenvalue weighted by Gasteiger charge is -2.24. The molecule has 0 aliphatic heterocycles. The molecule has 29 heavy (non-hydrogen) atoms. The predicted molar refractivity (Wildman–Crippen MR) is 114 cm³/mol. The first-order valence-corrected chi connectivity index (χ1v) is 11.0. The van der Waals surface area contributed by atoms with Gasteiger partial charge in [0.2, 0.25) is 15.9 Å². The van der Waals surface area contributed by atoms with Gasteiger partial charge in [-0.3, -0.25) is 9.10 Å². The molecule has 1 amide bonds. The number of hydrogen-bond donors (Lipinski definition) is 1. The monoisotopic (exact) mass is 420 g/mol. The number of nitrogens with zero attached hydrogens (tertiary/aromatic N) is 1. The fourth-order valence-electron chi connectivity index (χ4n) is 3.10. The summed E-state index contributed by atoms with van der Waals surface area (Å²) < 4.78 is 36.2. The minimum atomic E-state index is -3.70. The Hall–Kier alpha value is -2.74. The van der Waals surface area contributed by atoms with Crippen LogP contribution in [-0.4, -0.2) is 41.3 Å². The molecule has 0 bridgehead atoms. The van der Waals surface area contributed by atoms with Crippen molar-refractivity contribution in [1.29, 1.82) is 0 Å². The first kappa shape index (κ1) is 22.5. The van der Waals surface area contributed by atoms with Gasteiger partial charge < -0.3 is 14.8 Å². The third-order valence-electron chi connectivity index (χ3n) is 4.62. The highest BCUT2D eigenvalue weighted by atomic mass is 32.2. The van der Waals surface area contributed by atoms with Gasteiger partial charge in [0.25, 0.3) is 0 Å². The molecule has 0 heterocycles. The molecule has 1 atom stereocenters. The summed E-state index contributed by atoms with van der Waals surface area (Å²) >= 11 is 0. The van der Waals surface area contributed by atoms with E-state index in [-0.39, 0.29) is 12.6 Å². The van der Waals surface area contributed by atoms with Crippen LogP contribution in [0.5, 0.6) is 11.5 Å². The molecule has 0 unspecified atom stereocenters. The summed E-state index contributed by atoms with van der Waals surface area (Å²) in [7, 11) is -0.739. The Kier molecular flexibility index (Phi) is 7.13. The third-order valence-corrected chi connectivity index (χ3v) is 5.76. The van der Waals surface area contributed by atoms with Gasteiger partial charge in [0.05, 0.1) is 32.2 Å². The molecule has 8 heteroatoms. The normalized spacial score (nSPS) is 12.2. The maximum Gasteiger partial charge on any atom is 0.241 e. The van der Waals surface area contributed by atoms with E-state index in [4.69, 9.17) is 9.47 Å². The molecule has 0 radical (unpaired) electrons. The van der Waals surface area contributed by atoms with Crippen LogP contribution < -0.4 is 19.1 Å². The number of anilines is 1. The van der Waals surface area contributed by atoms with Gasteiger partial charge in [-0.1, -0.05) is 23.8 Å². The zero-order chi connectivity index (χ0) is 21.8. The maximum absolute atomic E-state index is 12.7. The average molecular weight is 421 g/mol. The van der Waals surface area contributed by atoms with Crippen LogP contribution in [0.2, 0.25) is 0 Å². The number of amides is 1. The van der Waals surface area contributed by atoms with Crippen LogP contribution in [0.1, 0.15) is 29.7 Å². The van der Waals surface area contributed by atoms with Crippen molar-refractivity contribution in [3.63, 3.8) is 0 Å². The number of carbonyl (C=O) groups is 1. The summed E-state index contributed by atoms with van der Waals surface area (Å²) in [5.41, 5.74) is 3.47. The molecule has 1 N–H and O–H groups in total. The van der Waals surface area contributed by atoms with Gasteiger partial charge in [-0.05, 0) is 44.0 Å². The number of carbonyl (C=O) groups excluding carboxylic acids is 1. The first-order valence-electron chi connectivity index (χ1n) is 9.13. The maximum atomic E-state index is 12.7. The summed E-state index contributed by atoms with van der Waals surface area (Å²) in [6.45, 7) is 5.49. The Morgan fingerprint density at radius 3 is 2.31 bits per heavy atom. The Balaban J connectivity index is 2.25. The molecular weight excluding hydrogens is 392 g/mol. The van der Waals surface area contributed by atoms with Crippen molar-refractivity contribution in [2.45, 2.75) is 26.8 Å². The minimum Gasteiger partial charge on any atom is -0.493 e. The third kappa shape index (κ3) is 5.63. The van der Waals surface area contributed by atoms with E-state index in [1.54, 1.807) is 12.1 Å². The van der Waals surface area contributed by atoms with E-state index < -0.39 is 15.9 Å². The number of ether oxygens (including phenoxy) is 2. The summed E-state index contributed by atoms with van der Waals surface area (Å²) in [5.74, 6) is 0.444. The van der Waals surface area contributed by atoms with Crippen molar-refractivity contribution in [3.05, 3.63) is 53.1 Å². The molecule has 0 spiro atoms. The Labute approximate surface area is 172 Å². The SMILES string of the molecule is COc1ccc(N(CC(=O)N[C@@H](C)c2cc(C)ccc2C)S(C)(=O)=O)cc1OC. The van der Waals surface area contributed by atoms with Crippen molar-refractivity contribution in [2.75, 3.05) is 31.3 Å². The van der Waals surface area contributed by atoms with Gasteiger partial charge in [0.1, 0.15) is 6.54 Å². The second-order valence-electron chi connectivity index (χ2n) is 6.96. The van der Waals surface area contributed by atoms with Crippen LogP contribution in [-0.2, 0) is 14.8 Å². The van der Waals surface area contributed by atoms with Gasteiger partial charge in [-0.2, -0.15) is 0 Å². The summed E-state index contributed by atoms with van der Waals surface area (Å²) in [6, 6.07) is 10.5. The molecule has 0 saturated carbocycles. The van der Waals surface area contributed by atoms with Crippen molar-refractivity contribution in [1.82, 2.24) is 5.32 Å². The highest BCUT2D eigenvalue weighted by Gasteiger charge is 2.23. The molecule has 158 valence electrons. The lowest BCUT2D eigenvalue weighted by molar-refractivity contribution is -0.120. The van der Waals surface area contributed by atoms with Crippen LogP contribution in [0.4, 0.5) is 5.69 Å². The zero-order valence-electron chi connectivity index (χ0n) is 17.6. The smallest absolute Gasteiger partial charge is 0.241 e. The van der Waals surface area contributed by atoms with Crippen LogP contribution >= 0.6 is 0 Å². The van der Waals surface area contributed by atoms with Crippen LogP contribution in [0.25, 0.3) is 0 Å². The largest absolute Gasteiger partial charge is 0.493 e. The fourth-order valence-corrected chi connectivity index (χ4v) is 3.95. The lowest BCUT2D eigenvalue weighted by atomic mass is 10.00. The van der Waals surface area contributed by atoms with E-state index in [2.05, 4.69) is 5.32 Å². The Morgan fingerprint density at radius 1 is 1.07 bits per heavy atom. The fraction of sp³-hybridized carbons (Fsp3) is 0.381. The number of sulfonamides is 1. The molecule has 0 aliphatic carbocycles. The van der Waals surface area contributed by atoms with E-state index in [0.717, 1.165) is 27.3 Å². The van der Waals surface area contributed by atoms with Gasteiger partial charge in [-0.25, -0.2) is 8.42 Å². The number of aryl methyl sites for hydroxylation is 2. The molecule has 2 aromatic carbocycles. The molecule has 7 nitrogen and oxygen atoms in total. The topological polar surface area (TPSA) is 84.9 Å². The summed E-state index contributed by atoms with van der Waals surface area (Å²) in [4.78, 5) is 12.7. The molecule has 0 fully saturated rings. The van der Waals surface area contributed by atoms with E-state index in [0.29, 0.717) is 17.2 Å². The number of methoxy groups -OCH3 is 2.